The average molecular weight is 1380 g/mol. The Kier molecular flexibility index (Phi) is 72.0. The van der Waals surface area contributed by atoms with Gasteiger partial charge in [-0.25, -0.2) is 4.57 Å². The molecule has 0 heterocycles. The largest absolute Gasteiger partial charge is 0.472 e. The number of unbranched alkanes of at least 4 members (excludes halogenated alkanes) is 24. The number of hydrogen-bond acceptors (Lipinski definition) is 7. The van der Waals surface area contributed by atoms with Crippen LogP contribution in [0.25, 0.3) is 0 Å². The molecule has 0 amide bonds. The Hall–Kier alpha value is -5.15. The summed E-state index contributed by atoms with van der Waals surface area (Å²) in [5.41, 5.74) is 0. The van der Waals surface area contributed by atoms with Gasteiger partial charge in [0.1, 0.15) is 19.8 Å². The van der Waals surface area contributed by atoms with Crippen LogP contribution in [0.5, 0.6) is 0 Å². The van der Waals surface area contributed by atoms with E-state index >= 15 is 0 Å². The Morgan fingerprint density at radius 1 is 0.316 bits per heavy atom. The van der Waals surface area contributed by atoms with Crippen molar-refractivity contribution in [2.24, 2.45) is 0 Å². The summed E-state index contributed by atoms with van der Waals surface area (Å²) in [5.74, 6) is -0.831. The molecule has 0 aliphatic rings. The van der Waals surface area contributed by atoms with Gasteiger partial charge >= 0.3 is 19.8 Å². The fourth-order valence-electron chi connectivity index (χ4n) is 10.2. The Morgan fingerprint density at radius 2 is 0.551 bits per heavy atom. The molecule has 1 N–H and O–H groups in total. The third-order valence-electron chi connectivity index (χ3n) is 16.1. The molecule has 0 fully saturated rings. The van der Waals surface area contributed by atoms with Gasteiger partial charge < -0.3 is 18.9 Å². The first kappa shape index (κ1) is 92.8. The summed E-state index contributed by atoms with van der Waals surface area (Å²) in [6.07, 6.45) is 118. The molecule has 98 heavy (non-hydrogen) atoms. The van der Waals surface area contributed by atoms with Gasteiger partial charge in [0.25, 0.3) is 0 Å². The summed E-state index contributed by atoms with van der Waals surface area (Å²) < 4.78 is 34.8. The molecule has 0 aromatic rings. The van der Waals surface area contributed by atoms with Crippen LogP contribution in [0.15, 0.2) is 194 Å². The third-order valence-corrected chi connectivity index (χ3v) is 17.1. The lowest BCUT2D eigenvalue weighted by molar-refractivity contribution is -0.870. The van der Waals surface area contributed by atoms with E-state index in [2.05, 4.69) is 208 Å². The molecule has 0 spiro atoms. The highest BCUT2D eigenvalue weighted by molar-refractivity contribution is 7.47. The molecule has 0 saturated heterocycles. The minimum atomic E-state index is -4.42. The molecular formula is C88H145NO8P+. The van der Waals surface area contributed by atoms with Crippen LogP contribution in [-0.2, 0) is 32.7 Å². The Balaban J connectivity index is 4.11. The van der Waals surface area contributed by atoms with Crippen molar-refractivity contribution in [2.45, 2.75) is 302 Å². The molecule has 0 aliphatic carbocycles. The van der Waals surface area contributed by atoms with Crippen molar-refractivity contribution in [1.29, 1.82) is 0 Å². The summed E-state index contributed by atoms with van der Waals surface area (Å²) in [7, 11) is 1.44. The topological polar surface area (TPSA) is 108 Å². The van der Waals surface area contributed by atoms with Crippen LogP contribution >= 0.6 is 7.82 Å². The molecule has 0 aliphatic heterocycles. The highest BCUT2D eigenvalue weighted by Gasteiger charge is 2.27. The molecule has 10 heteroatoms. The Morgan fingerprint density at radius 3 is 0.816 bits per heavy atom. The van der Waals surface area contributed by atoms with Crippen molar-refractivity contribution in [3.8, 4) is 0 Å². The summed E-state index contributed by atoms with van der Waals surface area (Å²) in [6, 6.07) is 0. The Bertz CT molecular complexity index is 2360. The van der Waals surface area contributed by atoms with Crippen LogP contribution in [0, 0.1) is 0 Å². The lowest BCUT2D eigenvalue weighted by Gasteiger charge is -2.24. The van der Waals surface area contributed by atoms with Crippen LogP contribution in [0.1, 0.15) is 296 Å². The molecule has 0 radical (unpaired) electrons. The van der Waals surface area contributed by atoms with E-state index in [1.165, 1.54) is 116 Å². The van der Waals surface area contributed by atoms with Gasteiger partial charge in [0.15, 0.2) is 6.10 Å². The average Bonchev–Trinajstić information content (AvgIpc) is 1.08. The summed E-state index contributed by atoms with van der Waals surface area (Å²) in [4.78, 5) is 36.0. The van der Waals surface area contributed by atoms with E-state index in [0.717, 1.165) is 148 Å². The fraction of sp³-hybridized carbons (Fsp3) is 0.614. The molecular weight excluding hydrogens is 1230 g/mol. The summed E-state index contributed by atoms with van der Waals surface area (Å²) >= 11 is 0. The van der Waals surface area contributed by atoms with E-state index in [1.807, 2.05) is 21.1 Å². The second kappa shape index (κ2) is 76.0. The molecule has 9 nitrogen and oxygen atoms in total. The van der Waals surface area contributed by atoms with E-state index in [4.69, 9.17) is 18.5 Å². The summed E-state index contributed by atoms with van der Waals surface area (Å²) in [5, 5.41) is 0. The van der Waals surface area contributed by atoms with Crippen LogP contribution in [0.4, 0.5) is 0 Å². The first-order chi connectivity index (χ1) is 48.0. The van der Waals surface area contributed by atoms with Crippen LogP contribution in [0.2, 0.25) is 0 Å². The molecule has 0 aromatic heterocycles. The van der Waals surface area contributed by atoms with Gasteiger partial charge in [0, 0.05) is 12.8 Å². The highest BCUT2D eigenvalue weighted by Crippen LogP contribution is 2.43. The van der Waals surface area contributed by atoms with Crippen LogP contribution < -0.4 is 0 Å². The third kappa shape index (κ3) is 79.8. The number of hydrogen-bond donors (Lipinski definition) is 1. The number of phosphoric ester groups is 1. The van der Waals surface area contributed by atoms with Crippen molar-refractivity contribution in [3.63, 3.8) is 0 Å². The van der Waals surface area contributed by atoms with E-state index < -0.39 is 26.5 Å². The van der Waals surface area contributed by atoms with Gasteiger partial charge in [-0.05, 0) is 141 Å². The first-order valence-electron chi connectivity index (χ1n) is 39.2. The number of phosphoric acid groups is 1. The zero-order valence-corrected chi connectivity index (χ0v) is 64.1. The van der Waals surface area contributed by atoms with Crippen LogP contribution in [0.3, 0.4) is 0 Å². The van der Waals surface area contributed by atoms with Crippen molar-refractivity contribution < 1.29 is 42.1 Å². The number of esters is 2. The SMILES string of the molecule is CC/C=C\C/C=C\C/C=C\C/C=C\C/C=C\C/C=C\C/C=C\C/C=C\C/C=C\C/C=C\C/C=C\C/C=C\CCCCCCC(=O)OC(COC(=O)CCCCCCCCCCCCCCCCCCCCCC/C=C\C/C=C\C/C=C\C/C=C\CC)COP(=O)(O)OCC[N+](C)(C)C. The number of allylic oxidation sites excluding steroid dienone is 32. The van der Waals surface area contributed by atoms with Crippen molar-refractivity contribution >= 4 is 19.8 Å². The molecule has 0 saturated carbocycles. The predicted molar refractivity (Wildman–Crippen MR) is 426 cm³/mol. The number of quaternary nitrogens is 1. The number of nitrogens with zero attached hydrogens (tertiary/aromatic N) is 1. The number of carbonyl (C=O) groups excluding carboxylic acids is 2. The molecule has 2 unspecified atom stereocenters. The lowest BCUT2D eigenvalue weighted by atomic mass is 10.0. The molecule has 2 atom stereocenters. The number of rotatable bonds is 70. The van der Waals surface area contributed by atoms with E-state index in [1.54, 1.807) is 0 Å². The van der Waals surface area contributed by atoms with Crippen LogP contribution in [-0.4, -0.2) is 74.9 Å². The maximum atomic E-state index is 12.9. The quantitative estimate of drug-likeness (QED) is 0.0211. The number of ether oxygens (including phenoxy) is 2. The predicted octanol–water partition coefficient (Wildman–Crippen LogP) is 26.4. The summed E-state index contributed by atoms with van der Waals surface area (Å²) in [6.45, 7) is 4.18. The molecule has 554 valence electrons. The zero-order chi connectivity index (χ0) is 71.1. The second-order valence-corrected chi connectivity index (χ2v) is 28.1. The molecule has 0 bridgehead atoms. The standard InChI is InChI=1S/C88H144NO8P/c1-6-8-10-12-14-16-18-20-22-24-26-28-30-32-34-36-38-40-41-42-43-44-45-46-47-49-51-53-55-57-59-61-63-65-67-69-71-73-75-77-79-81-88(91)97-86(85-96-98(92,93)95-83-82-89(3,4)5)84-94-87(90)80-78-76-74-72-70-68-66-64-62-60-58-56-54-52-50-48-39-37-35-33-31-29-27-25-23-21-19-17-15-13-11-9-7-2/h8-11,14-17,20-23,26-29,32,34,38,40,42-43,45-46,49,51,55,57,61,63,67,69,86H,6-7,12-13,18-19,24-25,30-31,33,35-37,39,41,44,47-48,50,52-54,56,58-60,62,64-66,68,70-85H2,1-5H3/p+1/b10-8-,11-9-,16-14-,17-15-,22-20-,23-21-,28-26-,29-27-,34-32-,40-38-,43-42-,46-45-,51-49-,57-55-,63-61-,69-67-. The monoisotopic (exact) mass is 1380 g/mol. The van der Waals surface area contributed by atoms with Gasteiger partial charge in [0.05, 0.1) is 27.7 Å². The van der Waals surface area contributed by atoms with Gasteiger partial charge in [-0.3, -0.25) is 18.6 Å². The number of likely N-dealkylation sites (N-methyl/N-ethyl adjacent to an activating group) is 1. The fourth-order valence-corrected chi connectivity index (χ4v) is 11.0. The van der Waals surface area contributed by atoms with E-state index in [-0.39, 0.29) is 32.0 Å². The van der Waals surface area contributed by atoms with Crippen molar-refractivity contribution in [1.82, 2.24) is 0 Å². The maximum Gasteiger partial charge on any atom is 0.472 e. The van der Waals surface area contributed by atoms with Crippen molar-refractivity contribution in [3.05, 3.63) is 194 Å². The normalized spacial score (nSPS) is 14.1. The van der Waals surface area contributed by atoms with E-state index in [0.29, 0.717) is 17.4 Å². The van der Waals surface area contributed by atoms with Gasteiger partial charge in [0.2, 0.25) is 0 Å². The lowest BCUT2D eigenvalue weighted by Crippen LogP contribution is -2.37. The van der Waals surface area contributed by atoms with Crippen molar-refractivity contribution in [2.75, 3.05) is 47.5 Å². The van der Waals surface area contributed by atoms with Gasteiger partial charge in [-0.2, -0.15) is 0 Å². The highest BCUT2D eigenvalue weighted by atomic mass is 31.2. The van der Waals surface area contributed by atoms with Gasteiger partial charge in [-0.1, -0.05) is 337 Å². The van der Waals surface area contributed by atoms with Gasteiger partial charge in [-0.15, -0.1) is 0 Å². The molecule has 0 aromatic carbocycles. The number of carbonyl (C=O) groups is 2. The minimum absolute atomic E-state index is 0.0179. The zero-order valence-electron chi connectivity index (χ0n) is 63.2. The Labute approximate surface area is 603 Å². The molecule has 0 rings (SSSR count). The minimum Gasteiger partial charge on any atom is -0.462 e. The first-order valence-corrected chi connectivity index (χ1v) is 40.7. The second-order valence-electron chi connectivity index (χ2n) is 26.6. The maximum absolute atomic E-state index is 12.9. The van der Waals surface area contributed by atoms with E-state index in [9.17, 15) is 19.0 Å². The smallest absolute Gasteiger partial charge is 0.462 e.